The molecule has 1 unspecified atom stereocenters. The van der Waals surface area contributed by atoms with Crippen molar-refractivity contribution >= 4 is 22.9 Å². The van der Waals surface area contributed by atoms with E-state index in [0.717, 1.165) is 46.4 Å². The second kappa shape index (κ2) is 10.2. The molecule has 2 aromatic carbocycles. The van der Waals surface area contributed by atoms with Crippen LogP contribution in [0.15, 0.2) is 60.9 Å². The summed E-state index contributed by atoms with van der Waals surface area (Å²) in [7, 11) is 0. The van der Waals surface area contributed by atoms with Gasteiger partial charge in [0.25, 0.3) is 0 Å². The number of nitrogens with one attached hydrogen (secondary N) is 2. The van der Waals surface area contributed by atoms with E-state index in [1.54, 1.807) is 18.5 Å². The van der Waals surface area contributed by atoms with Crippen LogP contribution in [0.4, 0.5) is 10.5 Å². The van der Waals surface area contributed by atoms with Crippen LogP contribution < -0.4 is 15.4 Å². The van der Waals surface area contributed by atoms with Gasteiger partial charge in [0.05, 0.1) is 5.57 Å². The lowest BCUT2D eigenvalue weighted by atomic mass is 9.70. The molecule has 0 saturated heterocycles. The second-order valence-corrected chi connectivity index (χ2v) is 9.60. The zero-order chi connectivity index (χ0) is 25.1. The molecule has 1 saturated carbocycles. The molecule has 36 heavy (non-hydrogen) atoms. The van der Waals surface area contributed by atoms with Gasteiger partial charge in [-0.1, -0.05) is 18.6 Å². The Morgan fingerprint density at radius 1 is 1.14 bits per heavy atom. The van der Waals surface area contributed by atoms with Crippen LogP contribution >= 0.6 is 0 Å². The van der Waals surface area contributed by atoms with Gasteiger partial charge >= 0.3 is 6.03 Å². The predicted octanol–water partition coefficient (Wildman–Crippen LogP) is 5.92. The summed E-state index contributed by atoms with van der Waals surface area (Å²) in [5, 5.41) is 15.9. The third-order valence-corrected chi connectivity index (χ3v) is 6.80. The normalized spacial score (nSPS) is 16.8. The summed E-state index contributed by atoms with van der Waals surface area (Å²) in [5.74, 6) is 2.01. The van der Waals surface area contributed by atoms with Crippen LogP contribution in [0.2, 0.25) is 0 Å². The highest BCUT2D eigenvalue weighted by Crippen LogP contribution is 2.55. The number of fused-ring (bicyclic) bond motifs is 1. The molecule has 7 heteroatoms. The lowest BCUT2D eigenvalue weighted by molar-refractivity contribution is 0.250. The molecule has 1 atom stereocenters. The standard InChI is InChI=1S/C29H29N5O2/c1-18(2)33-29(35)34-21-9-7-20(8-10-21)28-25(16-30)23-12-11-22(36-17-26-31-13-4-14-32-26)15-24(23)27(28)19-5-3-6-19/h4,7-15,18-19,27H,3,5-6,17H2,1-2H3,(H2,33,34,35). The zero-order valence-electron chi connectivity index (χ0n) is 20.5. The minimum absolute atomic E-state index is 0.0573. The maximum absolute atomic E-state index is 12.1. The number of hydrogen-bond donors (Lipinski definition) is 2. The van der Waals surface area contributed by atoms with Gasteiger partial charge in [-0.3, -0.25) is 0 Å². The van der Waals surface area contributed by atoms with Crippen molar-refractivity contribution in [3.05, 3.63) is 83.4 Å². The van der Waals surface area contributed by atoms with E-state index >= 15 is 0 Å². The van der Waals surface area contributed by atoms with E-state index in [-0.39, 0.29) is 24.6 Å². The monoisotopic (exact) mass is 479 g/mol. The van der Waals surface area contributed by atoms with E-state index in [1.807, 2.05) is 50.2 Å². The summed E-state index contributed by atoms with van der Waals surface area (Å²) < 4.78 is 6.01. The molecule has 2 N–H and O–H groups in total. The molecule has 2 aliphatic carbocycles. The number of anilines is 1. The first-order valence-corrected chi connectivity index (χ1v) is 12.4. The van der Waals surface area contributed by atoms with E-state index in [2.05, 4.69) is 32.7 Å². The number of ether oxygens (including phenoxy) is 1. The lowest BCUT2D eigenvalue weighted by Gasteiger charge is -2.34. The zero-order valence-corrected chi connectivity index (χ0v) is 20.5. The van der Waals surface area contributed by atoms with Gasteiger partial charge in [-0.2, -0.15) is 5.26 Å². The van der Waals surface area contributed by atoms with Crippen molar-refractivity contribution < 1.29 is 9.53 Å². The summed E-state index contributed by atoms with van der Waals surface area (Å²) in [6.07, 6.45) is 6.90. The van der Waals surface area contributed by atoms with Crippen molar-refractivity contribution in [1.82, 2.24) is 15.3 Å². The molecule has 0 spiro atoms. The van der Waals surface area contributed by atoms with E-state index in [0.29, 0.717) is 17.4 Å². The number of nitriles is 1. The van der Waals surface area contributed by atoms with Gasteiger partial charge in [-0.25, -0.2) is 14.8 Å². The van der Waals surface area contributed by atoms with Gasteiger partial charge in [0, 0.05) is 30.0 Å². The molecular formula is C29H29N5O2. The van der Waals surface area contributed by atoms with Crippen LogP contribution in [-0.2, 0) is 6.61 Å². The molecule has 7 nitrogen and oxygen atoms in total. The Labute approximate surface area is 211 Å². The topological polar surface area (TPSA) is 99.9 Å². The summed E-state index contributed by atoms with van der Waals surface area (Å²) >= 11 is 0. The molecule has 182 valence electrons. The number of rotatable bonds is 7. The number of carbonyl (C=O) groups excluding carboxylic acids is 1. The van der Waals surface area contributed by atoms with Crippen LogP contribution in [-0.4, -0.2) is 22.0 Å². The van der Waals surface area contributed by atoms with E-state index in [4.69, 9.17) is 4.74 Å². The SMILES string of the molecule is CC(C)NC(=O)Nc1ccc(C2=C(C#N)c3ccc(OCc4ncccn4)cc3C2C2CCC2)cc1. The predicted molar refractivity (Wildman–Crippen MR) is 139 cm³/mol. The molecule has 0 radical (unpaired) electrons. The third-order valence-electron chi connectivity index (χ3n) is 6.80. The van der Waals surface area contributed by atoms with Crippen LogP contribution in [0.25, 0.3) is 11.1 Å². The van der Waals surface area contributed by atoms with Gasteiger partial charge in [0.2, 0.25) is 0 Å². The highest BCUT2D eigenvalue weighted by Gasteiger charge is 2.39. The van der Waals surface area contributed by atoms with E-state index in [9.17, 15) is 10.1 Å². The van der Waals surface area contributed by atoms with Crippen molar-refractivity contribution in [3.8, 4) is 11.8 Å². The maximum atomic E-state index is 12.1. The van der Waals surface area contributed by atoms with E-state index < -0.39 is 0 Å². The fourth-order valence-electron chi connectivity index (χ4n) is 4.99. The Balaban J connectivity index is 1.43. The molecule has 0 bridgehead atoms. The minimum atomic E-state index is -0.233. The van der Waals surface area contributed by atoms with Gasteiger partial charge in [0.1, 0.15) is 18.4 Å². The van der Waals surface area contributed by atoms with Crippen molar-refractivity contribution in [3.63, 3.8) is 0 Å². The van der Waals surface area contributed by atoms with Crippen LogP contribution in [0, 0.1) is 17.2 Å². The fourth-order valence-corrected chi connectivity index (χ4v) is 4.99. The maximum Gasteiger partial charge on any atom is 0.319 e. The number of carbonyl (C=O) groups is 1. The largest absolute Gasteiger partial charge is 0.486 e. The molecule has 1 heterocycles. The number of hydrogen-bond acceptors (Lipinski definition) is 5. The Bertz CT molecular complexity index is 1320. The third kappa shape index (κ3) is 4.80. The number of benzene rings is 2. The quantitative estimate of drug-likeness (QED) is 0.438. The molecule has 2 amide bonds. The number of nitrogens with zero attached hydrogens (tertiary/aromatic N) is 3. The molecule has 3 aromatic rings. The van der Waals surface area contributed by atoms with Gasteiger partial charge in [0.15, 0.2) is 5.82 Å². The first-order chi connectivity index (χ1) is 17.5. The Morgan fingerprint density at radius 2 is 1.89 bits per heavy atom. The summed E-state index contributed by atoms with van der Waals surface area (Å²) in [4.78, 5) is 20.5. The summed E-state index contributed by atoms with van der Waals surface area (Å²) in [6, 6.07) is 17.9. The number of urea groups is 1. The second-order valence-electron chi connectivity index (χ2n) is 9.60. The molecular weight excluding hydrogens is 450 g/mol. The fraction of sp³-hybridized carbons (Fsp3) is 0.310. The Kier molecular flexibility index (Phi) is 6.68. The van der Waals surface area contributed by atoms with Crippen LogP contribution in [0.3, 0.4) is 0 Å². The summed E-state index contributed by atoms with van der Waals surface area (Å²) in [5.41, 5.74) is 5.64. The van der Waals surface area contributed by atoms with Crippen molar-refractivity contribution in [2.75, 3.05) is 5.32 Å². The number of amides is 2. The number of allylic oxidation sites excluding steroid dienone is 2. The van der Waals surface area contributed by atoms with Crippen molar-refractivity contribution in [1.29, 1.82) is 5.26 Å². The highest BCUT2D eigenvalue weighted by molar-refractivity contribution is 6.05. The molecule has 5 rings (SSSR count). The lowest BCUT2D eigenvalue weighted by Crippen LogP contribution is -2.34. The Morgan fingerprint density at radius 3 is 2.53 bits per heavy atom. The Hall–Kier alpha value is -4.18. The van der Waals surface area contributed by atoms with Crippen molar-refractivity contribution in [2.24, 2.45) is 5.92 Å². The number of aromatic nitrogens is 2. The smallest absolute Gasteiger partial charge is 0.319 e. The summed E-state index contributed by atoms with van der Waals surface area (Å²) in [6.45, 7) is 4.13. The first-order valence-electron chi connectivity index (χ1n) is 12.4. The molecule has 1 aromatic heterocycles. The van der Waals surface area contributed by atoms with Crippen LogP contribution in [0.1, 0.15) is 61.5 Å². The molecule has 2 aliphatic rings. The van der Waals surface area contributed by atoms with E-state index in [1.165, 1.54) is 6.42 Å². The average molecular weight is 480 g/mol. The minimum Gasteiger partial charge on any atom is -0.486 e. The molecule has 0 aliphatic heterocycles. The van der Waals surface area contributed by atoms with Gasteiger partial charge < -0.3 is 15.4 Å². The van der Waals surface area contributed by atoms with Gasteiger partial charge in [-0.05, 0) is 91.3 Å². The van der Waals surface area contributed by atoms with Crippen LogP contribution in [0.5, 0.6) is 5.75 Å². The van der Waals surface area contributed by atoms with Gasteiger partial charge in [-0.15, -0.1) is 0 Å². The van der Waals surface area contributed by atoms with Crippen molar-refractivity contribution in [2.45, 2.75) is 51.7 Å². The first kappa shape index (κ1) is 23.6. The average Bonchev–Trinajstić information content (AvgIpc) is 3.15. The molecule has 1 fully saturated rings. The highest BCUT2D eigenvalue weighted by atomic mass is 16.5.